The van der Waals surface area contributed by atoms with E-state index >= 15 is 0 Å². The maximum absolute atomic E-state index is 5.92. The predicted molar refractivity (Wildman–Crippen MR) is 69.5 cm³/mol. The number of hydrogen-bond donors (Lipinski definition) is 2. The molecule has 3 heteroatoms. The van der Waals surface area contributed by atoms with Gasteiger partial charge in [0, 0.05) is 30.4 Å². The number of nitrogens with one attached hydrogen (secondary N) is 1. The van der Waals surface area contributed by atoms with Gasteiger partial charge >= 0.3 is 0 Å². The topological polar surface area (TPSA) is 43.0 Å². The van der Waals surface area contributed by atoms with Gasteiger partial charge in [-0.15, -0.1) is 0 Å². The third-order valence-electron chi connectivity index (χ3n) is 2.80. The fraction of sp³-hybridized carbons (Fsp3) is 0.385. The Morgan fingerprint density at radius 3 is 2.94 bits per heavy atom. The number of aromatic nitrogens is 1. The zero-order valence-corrected chi connectivity index (χ0v) is 9.74. The quantitative estimate of drug-likeness (QED) is 0.595. The van der Waals surface area contributed by atoms with Crippen LogP contribution in [0.25, 0.3) is 10.9 Å². The average molecular weight is 217 g/mol. The minimum Gasteiger partial charge on any atom is -0.398 e. The Labute approximate surface area is 96.2 Å². The molecule has 3 nitrogen and oxygen atoms in total. The van der Waals surface area contributed by atoms with Crippen molar-refractivity contribution in [2.24, 2.45) is 0 Å². The van der Waals surface area contributed by atoms with Gasteiger partial charge in [-0.25, -0.2) is 0 Å². The van der Waals surface area contributed by atoms with E-state index in [4.69, 9.17) is 5.73 Å². The number of rotatable bonds is 5. The maximum Gasteiger partial charge on any atom is 0.0501 e. The summed E-state index contributed by atoms with van der Waals surface area (Å²) in [7, 11) is 0. The second kappa shape index (κ2) is 5.03. The normalized spacial score (nSPS) is 11.1. The molecule has 86 valence electrons. The molecule has 16 heavy (non-hydrogen) atoms. The van der Waals surface area contributed by atoms with E-state index in [1.807, 2.05) is 12.1 Å². The summed E-state index contributed by atoms with van der Waals surface area (Å²) < 4.78 is 2.24. The van der Waals surface area contributed by atoms with Crippen molar-refractivity contribution in [3.63, 3.8) is 0 Å². The molecule has 2 aromatic rings. The summed E-state index contributed by atoms with van der Waals surface area (Å²) in [6.45, 7) is 5.26. The first-order chi connectivity index (χ1) is 7.83. The Morgan fingerprint density at radius 2 is 2.12 bits per heavy atom. The van der Waals surface area contributed by atoms with Crippen molar-refractivity contribution in [2.75, 3.05) is 18.8 Å². The van der Waals surface area contributed by atoms with Crippen LogP contribution >= 0.6 is 0 Å². The first kappa shape index (κ1) is 11.0. The molecule has 1 aromatic carbocycles. The molecule has 0 spiro atoms. The first-order valence-corrected chi connectivity index (χ1v) is 5.87. The molecular formula is C13H19N3. The standard InChI is InChI=1S/C13H19N3/c1-2-7-15-8-10-16-9-6-11-12(14)4-3-5-13(11)16/h3-6,9,15H,2,7-8,10,14H2,1H3. The van der Waals surface area contributed by atoms with Gasteiger partial charge in [0.15, 0.2) is 0 Å². The average Bonchev–Trinajstić information content (AvgIpc) is 2.70. The van der Waals surface area contributed by atoms with Crippen molar-refractivity contribution >= 4 is 16.6 Å². The Hall–Kier alpha value is -1.48. The van der Waals surface area contributed by atoms with Gasteiger partial charge in [-0.05, 0) is 31.2 Å². The van der Waals surface area contributed by atoms with E-state index in [0.717, 1.165) is 30.7 Å². The summed E-state index contributed by atoms with van der Waals surface area (Å²) in [5.41, 5.74) is 8.00. The Kier molecular flexibility index (Phi) is 3.47. The Morgan fingerprint density at radius 1 is 1.25 bits per heavy atom. The van der Waals surface area contributed by atoms with Gasteiger partial charge < -0.3 is 15.6 Å². The molecule has 0 fully saturated rings. The molecule has 0 aliphatic carbocycles. The van der Waals surface area contributed by atoms with Gasteiger partial charge in [0.05, 0.1) is 5.52 Å². The van der Waals surface area contributed by atoms with Crippen LogP contribution in [-0.4, -0.2) is 17.7 Å². The molecule has 0 radical (unpaired) electrons. The largest absolute Gasteiger partial charge is 0.398 e. The monoisotopic (exact) mass is 217 g/mol. The molecule has 0 amide bonds. The lowest BCUT2D eigenvalue weighted by atomic mass is 10.2. The molecule has 0 saturated carbocycles. The Balaban J connectivity index is 2.10. The molecule has 1 aromatic heterocycles. The minimum atomic E-state index is 0.859. The number of benzene rings is 1. The van der Waals surface area contributed by atoms with Crippen molar-refractivity contribution in [3.05, 3.63) is 30.5 Å². The van der Waals surface area contributed by atoms with Gasteiger partial charge in [-0.3, -0.25) is 0 Å². The third kappa shape index (κ3) is 2.19. The smallest absolute Gasteiger partial charge is 0.0501 e. The lowest BCUT2D eigenvalue weighted by Crippen LogP contribution is -2.20. The lowest BCUT2D eigenvalue weighted by molar-refractivity contribution is 0.604. The zero-order valence-electron chi connectivity index (χ0n) is 9.74. The number of hydrogen-bond acceptors (Lipinski definition) is 2. The van der Waals surface area contributed by atoms with Crippen LogP contribution in [0.2, 0.25) is 0 Å². The van der Waals surface area contributed by atoms with Crippen molar-refractivity contribution in [3.8, 4) is 0 Å². The highest BCUT2D eigenvalue weighted by Gasteiger charge is 2.02. The summed E-state index contributed by atoms with van der Waals surface area (Å²) in [5, 5.41) is 4.55. The van der Waals surface area contributed by atoms with Gasteiger partial charge in [-0.1, -0.05) is 13.0 Å². The van der Waals surface area contributed by atoms with Crippen LogP contribution in [0.4, 0.5) is 5.69 Å². The molecule has 0 unspecified atom stereocenters. The van der Waals surface area contributed by atoms with Crippen LogP contribution in [0, 0.1) is 0 Å². The molecule has 0 bridgehead atoms. The van der Waals surface area contributed by atoms with Crippen LogP contribution in [0.1, 0.15) is 13.3 Å². The molecule has 0 aliphatic heterocycles. The maximum atomic E-state index is 5.92. The fourth-order valence-electron chi connectivity index (χ4n) is 1.94. The number of anilines is 1. The van der Waals surface area contributed by atoms with E-state index in [-0.39, 0.29) is 0 Å². The number of fused-ring (bicyclic) bond motifs is 1. The van der Waals surface area contributed by atoms with Crippen molar-refractivity contribution < 1.29 is 0 Å². The number of nitrogens with two attached hydrogens (primary N) is 1. The van der Waals surface area contributed by atoms with Crippen LogP contribution in [0.15, 0.2) is 30.5 Å². The summed E-state index contributed by atoms with van der Waals surface area (Å²) in [5.74, 6) is 0. The minimum absolute atomic E-state index is 0.859. The summed E-state index contributed by atoms with van der Waals surface area (Å²) >= 11 is 0. The number of nitrogens with zero attached hydrogens (tertiary/aromatic N) is 1. The fourth-order valence-corrected chi connectivity index (χ4v) is 1.94. The predicted octanol–water partition coefficient (Wildman–Crippen LogP) is 2.22. The van der Waals surface area contributed by atoms with E-state index in [9.17, 15) is 0 Å². The molecule has 0 saturated heterocycles. The zero-order chi connectivity index (χ0) is 11.4. The highest BCUT2D eigenvalue weighted by Crippen LogP contribution is 2.21. The molecule has 0 aliphatic rings. The van der Waals surface area contributed by atoms with E-state index in [2.05, 4.69) is 35.1 Å². The second-order valence-corrected chi connectivity index (χ2v) is 4.04. The van der Waals surface area contributed by atoms with Crippen molar-refractivity contribution in [2.45, 2.75) is 19.9 Å². The van der Waals surface area contributed by atoms with E-state index in [0.29, 0.717) is 0 Å². The highest BCUT2D eigenvalue weighted by atomic mass is 15.0. The third-order valence-corrected chi connectivity index (χ3v) is 2.80. The summed E-state index contributed by atoms with van der Waals surface area (Å²) in [6.07, 6.45) is 3.29. The van der Waals surface area contributed by atoms with Gasteiger partial charge in [0.1, 0.15) is 0 Å². The Bertz CT molecular complexity index is 459. The molecule has 2 rings (SSSR count). The molecule has 0 atom stereocenters. The van der Waals surface area contributed by atoms with Crippen LogP contribution in [0.3, 0.4) is 0 Å². The first-order valence-electron chi connectivity index (χ1n) is 5.87. The van der Waals surface area contributed by atoms with Crippen LogP contribution in [-0.2, 0) is 6.54 Å². The van der Waals surface area contributed by atoms with Crippen molar-refractivity contribution in [1.29, 1.82) is 0 Å². The van der Waals surface area contributed by atoms with E-state index in [1.54, 1.807) is 0 Å². The van der Waals surface area contributed by atoms with Crippen LogP contribution < -0.4 is 11.1 Å². The lowest BCUT2D eigenvalue weighted by Gasteiger charge is -2.06. The second-order valence-electron chi connectivity index (χ2n) is 4.04. The van der Waals surface area contributed by atoms with Gasteiger partial charge in [-0.2, -0.15) is 0 Å². The van der Waals surface area contributed by atoms with Gasteiger partial charge in [0.2, 0.25) is 0 Å². The number of nitrogen functional groups attached to an aromatic ring is 1. The van der Waals surface area contributed by atoms with Crippen LogP contribution in [0.5, 0.6) is 0 Å². The van der Waals surface area contributed by atoms with E-state index in [1.165, 1.54) is 11.9 Å². The van der Waals surface area contributed by atoms with Crippen molar-refractivity contribution in [1.82, 2.24) is 9.88 Å². The molecular weight excluding hydrogens is 198 g/mol. The summed E-state index contributed by atoms with van der Waals surface area (Å²) in [4.78, 5) is 0. The highest BCUT2D eigenvalue weighted by molar-refractivity contribution is 5.91. The summed E-state index contributed by atoms with van der Waals surface area (Å²) in [6, 6.07) is 8.16. The SMILES string of the molecule is CCCNCCn1ccc2c(N)cccc21. The van der Waals surface area contributed by atoms with E-state index < -0.39 is 0 Å². The van der Waals surface area contributed by atoms with Gasteiger partial charge in [0.25, 0.3) is 0 Å². The molecule has 1 heterocycles. The molecule has 3 N–H and O–H groups in total.